The van der Waals surface area contributed by atoms with Gasteiger partial charge >= 0.3 is 5.97 Å². The Morgan fingerprint density at radius 1 is 1.16 bits per heavy atom. The lowest BCUT2D eigenvalue weighted by molar-refractivity contribution is -0.136. The number of carbonyl (C=O) groups is 1. The summed E-state index contributed by atoms with van der Waals surface area (Å²) >= 11 is 10.5. The van der Waals surface area contributed by atoms with E-state index in [9.17, 15) is 9.90 Å². The highest BCUT2D eigenvalue weighted by atomic mass is 32.1. The van der Waals surface area contributed by atoms with Crippen molar-refractivity contribution in [2.75, 3.05) is 23.5 Å². The van der Waals surface area contributed by atoms with Crippen molar-refractivity contribution in [3.8, 4) is 11.4 Å². The van der Waals surface area contributed by atoms with E-state index in [1.807, 2.05) is 24.3 Å². The fourth-order valence-electron chi connectivity index (χ4n) is 3.36. The summed E-state index contributed by atoms with van der Waals surface area (Å²) in [5.41, 5.74) is 3.10. The van der Waals surface area contributed by atoms with Crippen molar-refractivity contribution < 1.29 is 19.7 Å². The van der Waals surface area contributed by atoms with Crippen LogP contribution in [0.5, 0.6) is 5.75 Å². The maximum Gasteiger partial charge on any atom is 0.305 e. The standard InChI is InChI=1S/C20H20N5O4S2/c26-17-10-24(7-6-18(27)28)16-9-14(4-5-15(16)17)29-11-21-12-2-1-3-13(8-12)25-19(30)22-23-20(25)31/h1-5,8-10,17,21,26H,6-7,11H2,(H,22,30)(H,23,31)(H,27,28). The van der Waals surface area contributed by atoms with Gasteiger partial charge in [-0.3, -0.25) is 19.6 Å². The molecule has 9 nitrogen and oxygen atoms in total. The second-order valence-corrected chi connectivity index (χ2v) is 7.64. The summed E-state index contributed by atoms with van der Waals surface area (Å²) in [6, 6.07) is 12.9. The van der Waals surface area contributed by atoms with Crippen molar-refractivity contribution in [1.29, 1.82) is 0 Å². The lowest BCUT2D eigenvalue weighted by Crippen LogP contribution is -2.21. The first-order chi connectivity index (χ1) is 14.9. The molecule has 1 aliphatic rings. The fraction of sp³-hybridized carbons (Fsp3) is 0.200. The topological polar surface area (TPSA) is 119 Å². The quantitative estimate of drug-likeness (QED) is 0.257. The number of carboxylic acids is 1. The molecule has 161 valence electrons. The van der Waals surface area contributed by atoms with Crippen molar-refractivity contribution in [1.82, 2.24) is 14.8 Å². The number of aliphatic carboxylic acids is 1. The zero-order valence-corrected chi connectivity index (χ0v) is 17.9. The molecule has 0 saturated carbocycles. The number of H-pyrrole nitrogens is 2. The Kier molecular flexibility index (Phi) is 6.07. The lowest BCUT2D eigenvalue weighted by atomic mass is 10.1. The number of benzene rings is 2. The Bertz CT molecular complexity index is 1190. The molecule has 0 aliphatic carbocycles. The van der Waals surface area contributed by atoms with E-state index in [0.29, 0.717) is 15.3 Å². The predicted octanol–water partition coefficient (Wildman–Crippen LogP) is 3.53. The van der Waals surface area contributed by atoms with E-state index in [1.165, 1.54) is 0 Å². The zero-order chi connectivity index (χ0) is 22.0. The van der Waals surface area contributed by atoms with Crippen LogP contribution in [0.3, 0.4) is 0 Å². The third-order valence-electron chi connectivity index (χ3n) is 4.82. The van der Waals surface area contributed by atoms with E-state index >= 15 is 0 Å². The summed E-state index contributed by atoms with van der Waals surface area (Å²) in [7, 11) is 0. The number of ether oxygens (including phenoxy) is 1. The highest BCUT2D eigenvalue weighted by Gasteiger charge is 2.28. The van der Waals surface area contributed by atoms with Crippen LogP contribution in [0.1, 0.15) is 18.1 Å². The molecule has 0 spiro atoms. The molecule has 5 N–H and O–H groups in total. The van der Waals surface area contributed by atoms with Crippen molar-refractivity contribution in [3.63, 3.8) is 0 Å². The van der Waals surface area contributed by atoms with E-state index in [4.69, 9.17) is 34.3 Å². The summed E-state index contributed by atoms with van der Waals surface area (Å²) in [4.78, 5) is 12.6. The monoisotopic (exact) mass is 458 g/mol. The highest BCUT2D eigenvalue weighted by Crippen LogP contribution is 2.39. The van der Waals surface area contributed by atoms with Crippen molar-refractivity contribution >= 4 is 41.8 Å². The molecular formula is C20H20N5O4S2. The van der Waals surface area contributed by atoms with Gasteiger partial charge in [0.2, 0.25) is 0 Å². The Labute approximate surface area is 187 Å². The molecule has 2 aromatic carbocycles. The molecular weight excluding hydrogens is 438 g/mol. The van der Waals surface area contributed by atoms with E-state index < -0.39 is 12.1 Å². The number of hydrogen-bond acceptors (Lipinski definition) is 7. The minimum absolute atomic E-state index is 0.0272. The number of aromatic nitrogens is 3. The molecule has 31 heavy (non-hydrogen) atoms. The number of fused-ring (bicyclic) bond motifs is 1. The van der Waals surface area contributed by atoms with Gasteiger partial charge in [0, 0.05) is 29.5 Å². The molecule has 1 aliphatic heterocycles. The summed E-state index contributed by atoms with van der Waals surface area (Å²) in [5.74, 6) is -0.294. The number of hydrogen-bond donors (Lipinski definition) is 5. The second kappa shape index (κ2) is 8.92. The summed E-state index contributed by atoms with van der Waals surface area (Å²) < 4.78 is 8.48. The smallest absolute Gasteiger partial charge is 0.305 e. The molecule has 0 amide bonds. The number of rotatable bonds is 8. The summed E-state index contributed by atoms with van der Waals surface area (Å²) in [6.45, 7) is 2.09. The minimum Gasteiger partial charge on any atom is -0.481 e. The Morgan fingerprint density at radius 3 is 2.68 bits per heavy atom. The highest BCUT2D eigenvalue weighted by molar-refractivity contribution is 7.72. The van der Waals surface area contributed by atoms with Crippen LogP contribution in [-0.4, -0.2) is 44.2 Å². The molecule has 1 atom stereocenters. The van der Waals surface area contributed by atoms with Gasteiger partial charge in [0.25, 0.3) is 0 Å². The largest absolute Gasteiger partial charge is 0.481 e. The summed E-state index contributed by atoms with van der Waals surface area (Å²) in [6.07, 6.45) is -0.786. The Morgan fingerprint density at radius 2 is 1.94 bits per heavy atom. The second-order valence-electron chi connectivity index (χ2n) is 6.86. The Balaban J connectivity index is 1.42. The first-order valence-electron chi connectivity index (χ1n) is 9.44. The molecule has 1 unspecified atom stereocenters. The van der Waals surface area contributed by atoms with E-state index in [0.717, 1.165) is 22.6 Å². The van der Waals surface area contributed by atoms with Gasteiger partial charge in [0.15, 0.2) is 16.3 Å². The predicted molar refractivity (Wildman–Crippen MR) is 121 cm³/mol. The zero-order valence-electron chi connectivity index (χ0n) is 16.2. The number of nitrogens with one attached hydrogen (secondary N) is 3. The number of anilines is 2. The van der Waals surface area contributed by atoms with Crippen LogP contribution in [0.4, 0.5) is 11.4 Å². The fourth-order valence-corrected chi connectivity index (χ4v) is 3.91. The third kappa shape index (κ3) is 4.63. The van der Waals surface area contributed by atoms with Crippen LogP contribution in [0.2, 0.25) is 0 Å². The Hall–Kier alpha value is -3.15. The molecule has 11 heteroatoms. The van der Waals surface area contributed by atoms with Gasteiger partial charge in [0.1, 0.15) is 11.9 Å². The van der Waals surface area contributed by atoms with Crippen molar-refractivity contribution in [2.45, 2.75) is 12.5 Å². The molecule has 0 fully saturated rings. The van der Waals surface area contributed by atoms with Crippen molar-refractivity contribution in [3.05, 3.63) is 64.1 Å². The number of nitrogens with zero attached hydrogens (tertiary/aromatic N) is 2. The lowest BCUT2D eigenvalue weighted by Gasteiger charge is -2.18. The van der Waals surface area contributed by atoms with Gasteiger partial charge in [-0.05, 0) is 48.7 Å². The third-order valence-corrected chi connectivity index (χ3v) is 5.39. The normalized spacial score (nSPS) is 15.0. The van der Waals surface area contributed by atoms with Crippen LogP contribution in [0.25, 0.3) is 5.69 Å². The SMILES string of the molecule is O=C(O)CCN1[CH]C(O)c2ccc(OCNc3cccc(-n4c(=S)[nH][nH]c4=S)c3)cc21. The van der Waals surface area contributed by atoms with E-state index in [1.54, 1.807) is 34.2 Å². The molecule has 0 saturated heterocycles. The molecule has 1 radical (unpaired) electrons. The van der Waals surface area contributed by atoms with Gasteiger partial charge < -0.3 is 25.2 Å². The molecule has 1 aromatic heterocycles. The van der Waals surface area contributed by atoms with Gasteiger partial charge in [-0.25, -0.2) is 0 Å². The van der Waals surface area contributed by atoms with Crippen LogP contribution in [0, 0.1) is 16.1 Å². The number of aliphatic hydroxyl groups excluding tert-OH is 1. The molecule has 4 rings (SSSR count). The molecule has 2 heterocycles. The number of aliphatic hydroxyl groups is 1. The van der Waals surface area contributed by atoms with Crippen LogP contribution in [-0.2, 0) is 4.79 Å². The average molecular weight is 459 g/mol. The van der Waals surface area contributed by atoms with Crippen LogP contribution in [0.15, 0.2) is 42.5 Å². The van der Waals surface area contributed by atoms with Gasteiger partial charge in [-0.2, -0.15) is 0 Å². The molecule has 0 bridgehead atoms. The van der Waals surface area contributed by atoms with E-state index in [-0.39, 0.29) is 19.7 Å². The van der Waals surface area contributed by atoms with E-state index in [2.05, 4.69) is 15.5 Å². The maximum absolute atomic E-state index is 10.9. The first kappa shape index (κ1) is 21.1. The first-order valence-corrected chi connectivity index (χ1v) is 10.3. The number of aromatic amines is 2. The van der Waals surface area contributed by atoms with Crippen LogP contribution >= 0.6 is 24.4 Å². The van der Waals surface area contributed by atoms with Crippen molar-refractivity contribution in [2.24, 2.45) is 0 Å². The maximum atomic E-state index is 10.9. The minimum atomic E-state index is -0.891. The van der Waals surface area contributed by atoms with Gasteiger partial charge in [-0.1, -0.05) is 12.1 Å². The summed E-state index contributed by atoms with van der Waals surface area (Å²) in [5, 5.41) is 27.9. The van der Waals surface area contributed by atoms with Gasteiger partial charge in [-0.15, -0.1) is 0 Å². The van der Waals surface area contributed by atoms with Gasteiger partial charge in [0.05, 0.1) is 18.7 Å². The number of carboxylic acid groups (broad SMARTS) is 1. The molecule has 3 aromatic rings. The van der Waals surface area contributed by atoms with Crippen LogP contribution < -0.4 is 15.0 Å². The average Bonchev–Trinajstić information content (AvgIpc) is 3.25.